The van der Waals surface area contributed by atoms with E-state index in [4.69, 9.17) is 0 Å². The second-order valence-corrected chi connectivity index (χ2v) is 9.10. The second kappa shape index (κ2) is 11.1. The average Bonchev–Trinajstić information content (AvgIpc) is 3.28. The second-order valence-electron chi connectivity index (χ2n) is 8.16. The van der Waals surface area contributed by atoms with E-state index in [-0.39, 0.29) is 35.1 Å². The van der Waals surface area contributed by atoms with Crippen molar-refractivity contribution in [3.05, 3.63) is 71.8 Å². The van der Waals surface area contributed by atoms with E-state index in [0.717, 1.165) is 0 Å². The molecule has 4 rings (SSSR count). The quantitative estimate of drug-likeness (QED) is 0.487. The van der Waals surface area contributed by atoms with Gasteiger partial charge in [0.25, 0.3) is 11.8 Å². The SMILES string of the molecule is Cn1cnnc1SCC(=O)Nc1cccc(C(=O)NC2CCN(C(=O)c3ccccc3F)CC2)c1. The Hall–Kier alpha value is -3.73. The van der Waals surface area contributed by atoms with Gasteiger partial charge in [0.05, 0.1) is 11.3 Å². The Kier molecular flexibility index (Phi) is 7.76. The molecule has 35 heavy (non-hydrogen) atoms. The first-order chi connectivity index (χ1) is 16.9. The Bertz CT molecular complexity index is 1230. The van der Waals surface area contributed by atoms with E-state index < -0.39 is 5.82 Å². The zero-order valence-electron chi connectivity index (χ0n) is 19.1. The van der Waals surface area contributed by atoms with Crippen LogP contribution < -0.4 is 10.6 Å². The van der Waals surface area contributed by atoms with Crippen LogP contribution in [0.1, 0.15) is 33.6 Å². The molecule has 2 N–H and O–H groups in total. The first-order valence-corrected chi connectivity index (χ1v) is 12.1. The highest BCUT2D eigenvalue weighted by Gasteiger charge is 2.26. The number of carbonyl (C=O) groups excluding carboxylic acids is 3. The monoisotopic (exact) mass is 496 g/mol. The van der Waals surface area contributed by atoms with Gasteiger partial charge < -0.3 is 20.1 Å². The van der Waals surface area contributed by atoms with Gasteiger partial charge in [0.15, 0.2) is 5.16 Å². The van der Waals surface area contributed by atoms with Crippen LogP contribution in [0.5, 0.6) is 0 Å². The topological polar surface area (TPSA) is 109 Å². The summed E-state index contributed by atoms with van der Waals surface area (Å²) in [6.07, 6.45) is 2.70. The Morgan fingerprint density at radius 1 is 1.11 bits per heavy atom. The van der Waals surface area contributed by atoms with Gasteiger partial charge in [0.2, 0.25) is 5.91 Å². The Morgan fingerprint density at radius 2 is 1.89 bits per heavy atom. The van der Waals surface area contributed by atoms with E-state index in [1.165, 1.54) is 23.9 Å². The molecule has 1 aliphatic rings. The number of carbonyl (C=O) groups is 3. The third-order valence-electron chi connectivity index (χ3n) is 5.63. The van der Waals surface area contributed by atoms with Crippen molar-refractivity contribution in [2.45, 2.75) is 24.0 Å². The number of halogens is 1. The van der Waals surface area contributed by atoms with Gasteiger partial charge in [-0.3, -0.25) is 14.4 Å². The van der Waals surface area contributed by atoms with Crippen LogP contribution >= 0.6 is 11.8 Å². The molecule has 3 amide bonds. The van der Waals surface area contributed by atoms with E-state index in [1.807, 2.05) is 0 Å². The highest BCUT2D eigenvalue weighted by atomic mass is 32.2. The molecule has 0 saturated carbocycles. The summed E-state index contributed by atoms with van der Waals surface area (Å²) in [4.78, 5) is 39.2. The van der Waals surface area contributed by atoms with Crippen LogP contribution in [0.25, 0.3) is 0 Å². The number of piperidine rings is 1. The third kappa shape index (κ3) is 6.24. The van der Waals surface area contributed by atoms with Crippen molar-refractivity contribution >= 4 is 35.2 Å². The first kappa shape index (κ1) is 24.4. The van der Waals surface area contributed by atoms with E-state index >= 15 is 0 Å². The molecule has 2 aromatic carbocycles. The van der Waals surface area contributed by atoms with Crippen LogP contribution in [0.4, 0.5) is 10.1 Å². The molecule has 0 bridgehead atoms. The molecule has 1 fully saturated rings. The zero-order valence-corrected chi connectivity index (χ0v) is 19.9. The first-order valence-electron chi connectivity index (χ1n) is 11.1. The maximum absolute atomic E-state index is 13.9. The summed E-state index contributed by atoms with van der Waals surface area (Å²) in [5.74, 6) is -1.19. The molecular formula is C24H25FN6O3S. The maximum Gasteiger partial charge on any atom is 0.256 e. The van der Waals surface area contributed by atoms with Crippen molar-refractivity contribution in [2.24, 2.45) is 7.05 Å². The minimum absolute atomic E-state index is 0.0591. The number of thioether (sulfide) groups is 1. The number of rotatable bonds is 7. The fourth-order valence-corrected chi connectivity index (χ4v) is 4.46. The summed E-state index contributed by atoms with van der Waals surface area (Å²) in [5, 5.41) is 14.1. The van der Waals surface area contributed by atoms with Crippen LogP contribution in [0.3, 0.4) is 0 Å². The minimum Gasteiger partial charge on any atom is -0.349 e. The van der Waals surface area contributed by atoms with Crippen LogP contribution in [0.15, 0.2) is 60.0 Å². The largest absolute Gasteiger partial charge is 0.349 e. The number of likely N-dealkylation sites (tertiary alicyclic amines) is 1. The minimum atomic E-state index is -0.535. The molecular weight excluding hydrogens is 471 g/mol. The lowest BCUT2D eigenvalue weighted by atomic mass is 10.0. The summed E-state index contributed by atoms with van der Waals surface area (Å²) < 4.78 is 15.7. The summed E-state index contributed by atoms with van der Waals surface area (Å²) in [6, 6.07) is 12.6. The summed E-state index contributed by atoms with van der Waals surface area (Å²) in [6.45, 7) is 0.856. The predicted molar refractivity (Wildman–Crippen MR) is 130 cm³/mol. The molecule has 0 spiro atoms. The number of nitrogens with zero attached hydrogens (tertiary/aromatic N) is 4. The predicted octanol–water partition coefficient (Wildman–Crippen LogP) is 2.72. The third-order valence-corrected chi connectivity index (χ3v) is 6.67. The molecule has 0 radical (unpaired) electrons. The fourth-order valence-electron chi connectivity index (χ4n) is 3.77. The molecule has 1 aliphatic heterocycles. The number of amides is 3. The van der Waals surface area contributed by atoms with Gasteiger partial charge in [0, 0.05) is 37.4 Å². The highest BCUT2D eigenvalue weighted by molar-refractivity contribution is 7.99. The lowest BCUT2D eigenvalue weighted by Gasteiger charge is -2.32. The lowest BCUT2D eigenvalue weighted by Crippen LogP contribution is -2.46. The van der Waals surface area contributed by atoms with E-state index in [2.05, 4.69) is 20.8 Å². The average molecular weight is 497 g/mol. The van der Waals surface area contributed by atoms with Crippen LogP contribution in [0.2, 0.25) is 0 Å². The van der Waals surface area contributed by atoms with Crippen LogP contribution in [0, 0.1) is 5.82 Å². The fraction of sp³-hybridized carbons (Fsp3) is 0.292. The summed E-state index contributed by atoms with van der Waals surface area (Å²) >= 11 is 1.27. The van der Waals surface area contributed by atoms with Crippen molar-refractivity contribution in [1.29, 1.82) is 0 Å². The molecule has 1 saturated heterocycles. The van der Waals surface area contributed by atoms with Gasteiger partial charge in [-0.15, -0.1) is 10.2 Å². The number of hydrogen-bond acceptors (Lipinski definition) is 6. The Labute approximate surface area is 206 Å². The number of anilines is 1. The highest BCUT2D eigenvalue weighted by Crippen LogP contribution is 2.18. The maximum atomic E-state index is 13.9. The smallest absolute Gasteiger partial charge is 0.256 e. The van der Waals surface area contributed by atoms with Crippen molar-refractivity contribution in [1.82, 2.24) is 25.0 Å². The number of benzene rings is 2. The van der Waals surface area contributed by atoms with Gasteiger partial charge >= 0.3 is 0 Å². The van der Waals surface area contributed by atoms with E-state index in [0.29, 0.717) is 42.3 Å². The van der Waals surface area contributed by atoms with Gasteiger partial charge in [0.1, 0.15) is 12.1 Å². The van der Waals surface area contributed by atoms with Gasteiger partial charge in [-0.1, -0.05) is 30.0 Å². The van der Waals surface area contributed by atoms with Crippen molar-refractivity contribution in [2.75, 3.05) is 24.2 Å². The number of nitrogens with one attached hydrogen (secondary N) is 2. The molecule has 0 atom stereocenters. The summed E-state index contributed by atoms with van der Waals surface area (Å²) in [5.41, 5.74) is 1.00. The van der Waals surface area contributed by atoms with Crippen molar-refractivity contribution < 1.29 is 18.8 Å². The number of aryl methyl sites for hydroxylation is 1. The molecule has 0 aliphatic carbocycles. The normalized spacial score (nSPS) is 13.9. The number of aromatic nitrogens is 3. The van der Waals surface area contributed by atoms with Crippen molar-refractivity contribution in [3.8, 4) is 0 Å². The van der Waals surface area contributed by atoms with Gasteiger partial charge in [-0.25, -0.2) is 4.39 Å². The molecule has 2 heterocycles. The Morgan fingerprint density at radius 3 is 2.60 bits per heavy atom. The Balaban J connectivity index is 1.27. The van der Waals surface area contributed by atoms with E-state index in [1.54, 1.807) is 59.2 Å². The number of hydrogen-bond donors (Lipinski definition) is 2. The molecule has 11 heteroatoms. The molecule has 3 aromatic rings. The molecule has 182 valence electrons. The van der Waals surface area contributed by atoms with Crippen LogP contribution in [-0.4, -0.2) is 62.3 Å². The lowest BCUT2D eigenvalue weighted by molar-refractivity contribution is -0.113. The standard InChI is InChI=1S/C24H25FN6O3S/c1-30-15-26-29-24(30)35-14-21(32)27-18-6-4-5-16(13-18)22(33)28-17-9-11-31(12-10-17)23(34)19-7-2-3-8-20(19)25/h2-8,13,15,17H,9-12,14H2,1H3,(H,27,32)(H,28,33). The van der Waals surface area contributed by atoms with Crippen LogP contribution in [-0.2, 0) is 11.8 Å². The van der Waals surface area contributed by atoms with Crippen molar-refractivity contribution in [3.63, 3.8) is 0 Å². The zero-order chi connectivity index (χ0) is 24.8. The van der Waals surface area contributed by atoms with Gasteiger partial charge in [-0.05, 0) is 43.2 Å². The molecule has 0 unspecified atom stereocenters. The molecule has 1 aromatic heterocycles. The van der Waals surface area contributed by atoms with E-state index in [9.17, 15) is 18.8 Å². The van der Waals surface area contributed by atoms with Gasteiger partial charge in [-0.2, -0.15) is 0 Å². The summed E-state index contributed by atoms with van der Waals surface area (Å²) in [7, 11) is 1.80. The molecule has 9 nitrogen and oxygen atoms in total.